The van der Waals surface area contributed by atoms with Crippen molar-refractivity contribution in [2.75, 3.05) is 0 Å². The number of rotatable bonds is 4. The molecule has 0 bridgehead atoms. The maximum atomic E-state index is 10.4. The van der Waals surface area contributed by atoms with E-state index in [4.69, 9.17) is 0 Å². The molecule has 0 spiro atoms. The molecule has 2 atom stereocenters. The van der Waals surface area contributed by atoms with Gasteiger partial charge in [-0.1, -0.05) is 37.3 Å². The van der Waals surface area contributed by atoms with Crippen LogP contribution in [0, 0.1) is 0 Å². The molecule has 0 radical (unpaired) electrons. The highest BCUT2D eigenvalue weighted by Crippen LogP contribution is 2.32. The molecule has 1 aromatic heterocycles. The number of hydrogen-bond acceptors (Lipinski definition) is 3. The lowest BCUT2D eigenvalue weighted by Gasteiger charge is -2.21. The molecular formula is C14H16N2O. The maximum absolute atomic E-state index is 10.4. The first-order valence-corrected chi connectivity index (χ1v) is 5.81. The molecule has 88 valence electrons. The predicted molar refractivity (Wildman–Crippen MR) is 66.5 cm³/mol. The smallest absolute Gasteiger partial charge is 0.115 e. The minimum Gasteiger partial charge on any atom is -0.388 e. The van der Waals surface area contributed by atoms with Gasteiger partial charge in [-0.3, -0.25) is 0 Å². The van der Waals surface area contributed by atoms with Crippen LogP contribution in [0.1, 0.15) is 36.5 Å². The maximum Gasteiger partial charge on any atom is 0.115 e. The number of aliphatic hydroxyl groups is 1. The van der Waals surface area contributed by atoms with Crippen LogP contribution in [0.2, 0.25) is 0 Å². The summed E-state index contributed by atoms with van der Waals surface area (Å²) < 4.78 is 0. The van der Waals surface area contributed by atoms with Gasteiger partial charge in [0.2, 0.25) is 0 Å². The van der Waals surface area contributed by atoms with Gasteiger partial charge in [0.1, 0.15) is 6.33 Å². The zero-order chi connectivity index (χ0) is 12.1. The van der Waals surface area contributed by atoms with Crippen molar-refractivity contribution in [3.05, 3.63) is 60.2 Å². The van der Waals surface area contributed by atoms with Crippen molar-refractivity contribution in [1.29, 1.82) is 0 Å². The van der Waals surface area contributed by atoms with Crippen LogP contribution in [-0.4, -0.2) is 15.1 Å². The molecule has 2 unspecified atom stereocenters. The van der Waals surface area contributed by atoms with Crippen LogP contribution in [0.5, 0.6) is 0 Å². The Morgan fingerprint density at radius 1 is 1.06 bits per heavy atom. The summed E-state index contributed by atoms with van der Waals surface area (Å²) in [5, 5.41) is 10.4. The molecule has 3 nitrogen and oxygen atoms in total. The number of hydrogen-bond donors (Lipinski definition) is 1. The van der Waals surface area contributed by atoms with Gasteiger partial charge >= 0.3 is 0 Å². The van der Waals surface area contributed by atoms with Gasteiger partial charge in [0, 0.05) is 23.9 Å². The summed E-state index contributed by atoms with van der Waals surface area (Å²) in [5.41, 5.74) is 1.91. The van der Waals surface area contributed by atoms with Crippen LogP contribution in [0.4, 0.5) is 0 Å². The summed E-state index contributed by atoms with van der Waals surface area (Å²) in [7, 11) is 0. The Kier molecular flexibility index (Phi) is 3.83. The lowest BCUT2D eigenvalue weighted by atomic mass is 9.88. The zero-order valence-corrected chi connectivity index (χ0v) is 9.82. The van der Waals surface area contributed by atoms with Crippen LogP contribution < -0.4 is 0 Å². The molecule has 3 heteroatoms. The van der Waals surface area contributed by atoms with E-state index >= 15 is 0 Å². The minimum atomic E-state index is -0.552. The largest absolute Gasteiger partial charge is 0.388 e. The highest BCUT2D eigenvalue weighted by atomic mass is 16.3. The van der Waals surface area contributed by atoms with Gasteiger partial charge in [0.05, 0.1) is 6.10 Å². The van der Waals surface area contributed by atoms with E-state index in [-0.39, 0.29) is 5.92 Å². The Morgan fingerprint density at radius 3 is 2.29 bits per heavy atom. The third-order valence-electron chi connectivity index (χ3n) is 2.97. The second kappa shape index (κ2) is 5.55. The molecule has 1 heterocycles. The SMILES string of the molecule is CCC(c1ccccc1)C(O)c1cncnc1. The van der Waals surface area contributed by atoms with Crippen molar-refractivity contribution in [1.82, 2.24) is 9.97 Å². The van der Waals surface area contributed by atoms with E-state index in [9.17, 15) is 5.11 Å². The molecule has 0 saturated carbocycles. The van der Waals surface area contributed by atoms with Gasteiger partial charge in [-0.15, -0.1) is 0 Å². The van der Waals surface area contributed by atoms with Crippen LogP contribution in [0.15, 0.2) is 49.1 Å². The van der Waals surface area contributed by atoms with E-state index in [0.717, 1.165) is 17.5 Å². The summed E-state index contributed by atoms with van der Waals surface area (Å²) >= 11 is 0. The summed E-state index contributed by atoms with van der Waals surface area (Å²) in [6, 6.07) is 10.1. The fraction of sp³-hybridized carbons (Fsp3) is 0.286. The van der Waals surface area contributed by atoms with Gasteiger partial charge < -0.3 is 5.11 Å². The fourth-order valence-electron chi connectivity index (χ4n) is 2.04. The first kappa shape index (κ1) is 11.7. The molecule has 0 aliphatic carbocycles. The molecule has 0 aliphatic heterocycles. The monoisotopic (exact) mass is 228 g/mol. The highest BCUT2D eigenvalue weighted by Gasteiger charge is 2.21. The average molecular weight is 228 g/mol. The zero-order valence-electron chi connectivity index (χ0n) is 9.82. The standard InChI is InChI=1S/C14H16N2O/c1-2-13(11-6-4-3-5-7-11)14(17)12-8-15-10-16-9-12/h3-10,13-14,17H,2H2,1H3. The van der Waals surface area contributed by atoms with E-state index in [1.807, 2.05) is 30.3 Å². The molecule has 2 aromatic rings. The normalized spacial score (nSPS) is 14.2. The molecule has 0 aliphatic rings. The minimum absolute atomic E-state index is 0.0854. The van der Waals surface area contributed by atoms with Gasteiger partial charge in [0.15, 0.2) is 0 Å². The molecule has 2 rings (SSSR count). The third kappa shape index (κ3) is 2.68. The van der Waals surface area contributed by atoms with Crippen molar-refractivity contribution in [2.45, 2.75) is 25.4 Å². The van der Waals surface area contributed by atoms with E-state index in [0.29, 0.717) is 0 Å². The van der Waals surface area contributed by atoms with Crippen LogP contribution in [0.25, 0.3) is 0 Å². The molecule has 17 heavy (non-hydrogen) atoms. The first-order valence-electron chi connectivity index (χ1n) is 5.81. The third-order valence-corrected chi connectivity index (χ3v) is 2.97. The Bertz CT molecular complexity index is 444. The van der Waals surface area contributed by atoms with Crippen LogP contribution in [0.3, 0.4) is 0 Å². The summed E-state index contributed by atoms with van der Waals surface area (Å²) in [4.78, 5) is 7.89. The Labute approximate surface area is 101 Å². The van der Waals surface area contributed by atoms with Crippen molar-refractivity contribution >= 4 is 0 Å². The average Bonchev–Trinajstić information content (AvgIpc) is 2.42. The Hall–Kier alpha value is -1.74. The predicted octanol–water partition coefficient (Wildman–Crippen LogP) is 2.70. The lowest BCUT2D eigenvalue weighted by Crippen LogP contribution is -2.10. The molecule has 0 saturated heterocycles. The fourth-order valence-corrected chi connectivity index (χ4v) is 2.04. The number of nitrogens with zero attached hydrogens (tertiary/aromatic N) is 2. The van der Waals surface area contributed by atoms with Crippen molar-refractivity contribution in [3.63, 3.8) is 0 Å². The van der Waals surface area contributed by atoms with Crippen LogP contribution in [-0.2, 0) is 0 Å². The molecular weight excluding hydrogens is 212 g/mol. The summed E-state index contributed by atoms with van der Waals surface area (Å²) in [6.45, 7) is 2.07. The molecule has 0 amide bonds. The van der Waals surface area contributed by atoms with Crippen LogP contribution >= 0.6 is 0 Å². The summed E-state index contributed by atoms with van der Waals surface area (Å²) in [6.07, 6.45) is 5.13. The van der Waals surface area contributed by atoms with Crippen molar-refractivity contribution < 1.29 is 5.11 Å². The number of aromatic nitrogens is 2. The highest BCUT2D eigenvalue weighted by molar-refractivity contribution is 5.24. The van der Waals surface area contributed by atoms with Gasteiger partial charge in [-0.2, -0.15) is 0 Å². The summed E-state index contributed by atoms with van der Waals surface area (Å²) in [5.74, 6) is 0.0854. The van der Waals surface area contributed by atoms with Crippen molar-refractivity contribution in [2.24, 2.45) is 0 Å². The second-order valence-corrected chi connectivity index (χ2v) is 4.04. The molecule has 1 aromatic carbocycles. The van der Waals surface area contributed by atoms with E-state index < -0.39 is 6.10 Å². The van der Waals surface area contributed by atoms with E-state index in [2.05, 4.69) is 16.9 Å². The van der Waals surface area contributed by atoms with Gasteiger partial charge in [-0.25, -0.2) is 9.97 Å². The molecule has 1 N–H and O–H groups in total. The van der Waals surface area contributed by atoms with Crippen molar-refractivity contribution in [3.8, 4) is 0 Å². The van der Waals surface area contributed by atoms with Gasteiger partial charge in [0.25, 0.3) is 0 Å². The topological polar surface area (TPSA) is 46.0 Å². The van der Waals surface area contributed by atoms with Gasteiger partial charge in [-0.05, 0) is 12.0 Å². The first-order chi connectivity index (χ1) is 8.33. The Morgan fingerprint density at radius 2 is 1.71 bits per heavy atom. The van der Waals surface area contributed by atoms with E-state index in [1.54, 1.807) is 12.4 Å². The second-order valence-electron chi connectivity index (χ2n) is 4.04. The number of aliphatic hydroxyl groups excluding tert-OH is 1. The Balaban J connectivity index is 2.25. The van der Waals surface area contributed by atoms with E-state index in [1.165, 1.54) is 6.33 Å². The molecule has 0 fully saturated rings. The quantitative estimate of drug-likeness (QED) is 0.875. The lowest BCUT2D eigenvalue weighted by molar-refractivity contribution is 0.141. The number of benzene rings is 1.